The molecule has 15 heavy (non-hydrogen) atoms. The van der Waals surface area contributed by atoms with Crippen LogP contribution in [-0.4, -0.2) is 16.0 Å². The van der Waals surface area contributed by atoms with Crippen LogP contribution in [0.5, 0.6) is 0 Å². The summed E-state index contributed by atoms with van der Waals surface area (Å²) in [6.07, 6.45) is 1.60. The Morgan fingerprint density at radius 3 is 2.73 bits per heavy atom. The van der Waals surface area contributed by atoms with Crippen LogP contribution >= 0.6 is 0 Å². The molecule has 0 saturated carbocycles. The van der Waals surface area contributed by atoms with E-state index < -0.39 is 0 Å². The van der Waals surface area contributed by atoms with Gasteiger partial charge in [-0.05, 0) is 32.4 Å². The van der Waals surface area contributed by atoms with Gasteiger partial charge in [-0.1, -0.05) is 12.1 Å². The van der Waals surface area contributed by atoms with E-state index in [9.17, 15) is 0 Å². The zero-order valence-electron chi connectivity index (χ0n) is 9.28. The van der Waals surface area contributed by atoms with Crippen LogP contribution in [0, 0.1) is 6.92 Å². The predicted octanol–water partition coefficient (Wildman–Crippen LogP) is 2.76. The molecule has 0 spiro atoms. The Labute approximate surface area is 89.6 Å². The molecule has 2 aromatic rings. The van der Waals surface area contributed by atoms with Gasteiger partial charge in [0.25, 0.3) is 0 Å². The summed E-state index contributed by atoms with van der Waals surface area (Å²) in [7, 11) is 0. The molecule has 0 aliphatic heterocycles. The number of benzene rings is 1. The van der Waals surface area contributed by atoms with Crippen LogP contribution in [0.25, 0.3) is 10.9 Å². The Morgan fingerprint density at radius 2 is 2.00 bits per heavy atom. The number of hydrogen-bond acceptors (Lipinski definition) is 3. The summed E-state index contributed by atoms with van der Waals surface area (Å²) in [5.74, 6) is 0.924. The van der Waals surface area contributed by atoms with Crippen molar-refractivity contribution in [2.45, 2.75) is 26.8 Å². The highest BCUT2D eigenvalue weighted by molar-refractivity contribution is 5.91. The van der Waals surface area contributed by atoms with Gasteiger partial charge in [0.05, 0.1) is 5.52 Å². The van der Waals surface area contributed by atoms with Crippen molar-refractivity contribution in [3.05, 3.63) is 30.1 Å². The number of fused-ring (bicyclic) bond motifs is 1. The molecular formula is C12H15N3. The Balaban J connectivity index is 2.63. The minimum absolute atomic E-state index is 0.378. The smallest absolute Gasteiger partial charge is 0.137 e. The van der Waals surface area contributed by atoms with Crippen LogP contribution in [0.15, 0.2) is 24.5 Å². The van der Waals surface area contributed by atoms with Crippen LogP contribution in [0.4, 0.5) is 5.82 Å². The van der Waals surface area contributed by atoms with Gasteiger partial charge in [-0.15, -0.1) is 0 Å². The molecule has 0 bridgehead atoms. The van der Waals surface area contributed by atoms with Gasteiger partial charge < -0.3 is 5.32 Å². The van der Waals surface area contributed by atoms with Gasteiger partial charge >= 0.3 is 0 Å². The second-order valence-electron chi connectivity index (χ2n) is 3.99. The van der Waals surface area contributed by atoms with E-state index >= 15 is 0 Å². The first kappa shape index (κ1) is 9.90. The van der Waals surface area contributed by atoms with Crippen LogP contribution in [0.3, 0.4) is 0 Å². The fourth-order valence-corrected chi connectivity index (χ4v) is 1.66. The molecule has 1 heterocycles. The summed E-state index contributed by atoms with van der Waals surface area (Å²) in [6.45, 7) is 6.29. The van der Waals surface area contributed by atoms with E-state index in [4.69, 9.17) is 0 Å². The molecule has 3 heteroatoms. The molecule has 0 fully saturated rings. The van der Waals surface area contributed by atoms with Crippen molar-refractivity contribution >= 4 is 16.7 Å². The molecule has 0 unspecified atom stereocenters. The van der Waals surface area contributed by atoms with E-state index in [1.54, 1.807) is 6.33 Å². The number of aromatic nitrogens is 2. The first-order valence-electron chi connectivity index (χ1n) is 5.15. The summed E-state index contributed by atoms with van der Waals surface area (Å²) in [5, 5.41) is 4.46. The normalized spacial score (nSPS) is 10.9. The number of nitrogens with zero attached hydrogens (tertiary/aromatic N) is 2. The van der Waals surface area contributed by atoms with Crippen molar-refractivity contribution in [1.29, 1.82) is 0 Å². The standard InChI is InChI=1S/C12H15N3/c1-8(2)15-12-11-9(3)5-4-6-10(11)13-7-14-12/h4-8H,1-3H3,(H,13,14,15). The monoisotopic (exact) mass is 201 g/mol. The topological polar surface area (TPSA) is 37.8 Å². The van der Waals surface area contributed by atoms with Crippen molar-refractivity contribution in [3.63, 3.8) is 0 Å². The quantitative estimate of drug-likeness (QED) is 0.811. The molecule has 0 amide bonds. The molecule has 0 radical (unpaired) electrons. The Kier molecular flexibility index (Phi) is 2.54. The summed E-state index contributed by atoms with van der Waals surface area (Å²) >= 11 is 0. The maximum absolute atomic E-state index is 4.29. The van der Waals surface area contributed by atoms with E-state index in [0.717, 1.165) is 16.7 Å². The second-order valence-corrected chi connectivity index (χ2v) is 3.99. The fourth-order valence-electron chi connectivity index (χ4n) is 1.66. The lowest BCUT2D eigenvalue weighted by Gasteiger charge is -2.12. The van der Waals surface area contributed by atoms with Gasteiger partial charge in [-0.3, -0.25) is 0 Å². The third kappa shape index (κ3) is 1.91. The SMILES string of the molecule is Cc1cccc2ncnc(NC(C)C)c12. The van der Waals surface area contributed by atoms with Crippen molar-refractivity contribution in [3.8, 4) is 0 Å². The highest BCUT2D eigenvalue weighted by Gasteiger charge is 2.06. The largest absolute Gasteiger partial charge is 0.367 e. The van der Waals surface area contributed by atoms with Gasteiger partial charge in [0.15, 0.2) is 0 Å². The average Bonchev–Trinajstić information content (AvgIpc) is 2.17. The predicted molar refractivity (Wildman–Crippen MR) is 63.0 cm³/mol. The van der Waals surface area contributed by atoms with Gasteiger partial charge in [-0.2, -0.15) is 0 Å². The summed E-state index contributed by atoms with van der Waals surface area (Å²) in [6, 6.07) is 6.49. The molecule has 3 nitrogen and oxygen atoms in total. The lowest BCUT2D eigenvalue weighted by Crippen LogP contribution is -2.11. The molecule has 1 N–H and O–H groups in total. The van der Waals surface area contributed by atoms with Gasteiger partial charge in [0.2, 0.25) is 0 Å². The highest BCUT2D eigenvalue weighted by atomic mass is 15.0. The van der Waals surface area contributed by atoms with Crippen molar-refractivity contribution in [1.82, 2.24) is 9.97 Å². The molecule has 0 aliphatic rings. The van der Waals surface area contributed by atoms with E-state index in [-0.39, 0.29) is 0 Å². The van der Waals surface area contributed by atoms with Crippen molar-refractivity contribution in [2.75, 3.05) is 5.32 Å². The van der Waals surface area contributed by atoms with Gasteiger partial charge in [0.1, 0.15) is 12.1 Å². The zero-order valence-corrected chi connectivity index (χ0v) is 9.28. The molecular weight excluding hydrogens is 186 g/mol. The Hall–Kier alpha value is -1.64. The number of aryl methyl sites for hydroxylation is 1. The number of rotatable bonds is 2. The lowest BCUT2D eigenvalue weighted by atomic mass is 10.1. The maximum atomic E-state index is 4.29. The molecule has 2 rings (SSSR count). The number of nitrogens with one attached hydrogen (secondary N) is 1. The molecule has 0 atom stereocenters. The third-order valence-electron chi connectivity index (χ3n) is 2.30. The minimum Gasteiger partial charge on any atom is -0.367 e. The second kappa shape index (κ2) is 3.85. The molecule has 0 saturated heterocycles. The van der Waals surface area contributed by atoms with Crippen LogP contribution in [0.2, 0.25) is 0 Å². The van der Waals surface area contributed by atoms with E-state index in [2.05, 4.69) is 42.1 Å². The molecule has 1 aromatic carbocycles. The minimum atomic E-state index is 0.378. The first-order chi connectivity index (χ1) is 7.18. The first-order valence-corrected chi connectivity index (χ1v) is 5.15. The Morgan fingerprint density at radius 1 is 1.20 bits per heavy atom. The molecule has 1 aromatic heterocycles. The fraction of sp³-hybridized carbons (Fsp3) is 0.333. The average molecular weight is 201 g/mol. The van der Waals surface area contributed by atoms with E-state index in [1.165, 1.54) is 5.56 Å². The number of hydrogen-bond donors (Lipinski definition) is 1. The lowest BCUT2D eigenvalue weighted by molar-refractivity contribution is 0.890. The molecule has 78 valence electrons. The van der Waals surface area contributed by atoms with E-state index in [1.807, 2.05) is 12.1 Å². The number of anilines is 1. The van der Waals surface area contributed by atoms with Crippen molar-refractivity contribution < 1.29 is 0 Å². The third-order valence-corrected chi connectivity index (χ3v) is 2.30. The van der Waals surface area contributed by atoms with E-state index in [0.29, 0.717) is 6.04 Å². The Bertz CT molecular complexity index is 472. The van der Waals surface area contributed by atoms with Gasteiger partial charge in [0, 0.05) is 11.4 Å². The van der Waals surface area contributed by atoms with Gasteiger partial charge in [-0.25, -0.2) is 9.97 Å². The van der Waals surface area contributed by atoms with Crippen LogP contribution in [0.1, 0.15) is 19.4 Å². The summed E-state index contributed by atoms with van der Waals surface area (Å²) in [4.78, 5) is 8.54. The zero-order chi connectivity index (χ0) is 10.8. The maximum Gasteiger partial charge on any atom is 0.137 e. The van der Waals surface area contributed by atoms with Crippen molar-refractivity contribution in [2.24, 2.45) is 0 Å². The van der Waals surface area contributed by atoms with Crippen LogP contribution in [-0.2, 0) is 0 Å². The summed E-state index contributed by atoms with van der Waals surface area (Å²) in [5.41, 5.74) is 2.20. The summed E-state index contributed by atoms with van der Waals surface area (Å²) < 4.78 is 0. The molecule has 0 aliphatic carbocycles. The van der Waals surface area contributed by atoms with Crippen LogP contribution < -0.4 is 5.32 Å². The highest BCUT2D eigenvalue weighted by Crippen LogP contribution is 2.22.